The minimum Gasteiger partial charge on any atom is -0.483 e. The molecule has 4 nitrogen and oxygen atoms in total. The third-order valence-electron chi connectivity index (χ3n) is 4.07. The molecule has 116 valence electrons. The lowest BCUT2D eigenvalue weighted by molar-refractivity contribution is -0.133. The number of para-hydroxylation sites is 1. The minimum atomic E-state index is -0.0468. The van der Waals surface area contributed by atoms with Gasteiger partial charge in [0.1, 0.15) is 5.75 Å². The van der Waals surface area contributed by atoms with Crippen LogP contribution >= 0.6 is 0 Å². The van der Waals surface area contributed by atoms with Crippen molar-refractivity contribution < 1.29 is 9.53 Å². The first-order valence-corrected chi connectivity index (χ1v) is 7.97. The number of rotatable bonds is 5. The van der Waals surface area contributed by atoms with Crippen molar-refractivity contribution in [1.29, 1.82) is 0 Å². The first-order chi connectivity index (χ1) is 10.2. The molecule has 4 heteroatoms. The number of benzene rings is 1. The average molecular weight is 290 g/mol. The van der Waals surface area contributed by atoms with Gasteiger partial charge in [-0.1, -0.05) is 38.0 Å². The van der Waals surface area contributed by atoms with Crippen molar-refractivity contribution in [3.05, 3.63) is 29.8 Å². The van der Waals surface area contributed by atoms with Crippen LogP contribution in [-0.4, -0.2) is 30.5 Å². The Labute approximate surface area is 127 Å². The Hall–Kier alpha value is -1.55. The van der Waals surface area contributed by atoms with Crippen LogP contribution in [0.15, 0.2) is 24.3 Å². The molecule has 1 fully saturated rings. The van der Waals surface area contributed by atoms with Crippen molar-refractivity contribution in [2.45, 2.75) is 45.1 Å². The number of amides is 1. The second-order valence-electron chi connectivity index (χ2n) is 5.64. The fourth-order valence-corrected chi connectivity index (χ4v) is 2.69. The summed E-state index contributed by atoms with van der Waals surface area (Å²) < 4.78 is 5.74. The normalized spacial score (nSPS) is 17.1. The van der Waals surface area contributed by atoms with Gasteiger partial charge in [-0.25, -0.2) is 0 Å². The maximum Gasteiger partial charge on any atom is 0.260 e. The molecule has 1 aliphatic heterocycles. The number of carbonyl (C=O) groups excluding carboxylic acids is 1. The van der Waals surface area contributed by atoms with Crippen LogP contribution in [0, 0.1) is 0 Å². The summed E-state index contributed by atoms with van der Waals surface area (Å²) in [6.45, 7) is 3.87. The van der Waals surface area contributed by atoms with Crippen molar-refractivity contribution in [3.63, 3.8) is 0 Å². The summed E-state index contributed by atoms with van der Waals surface area (Å²) in [5.41, 5.74) is 7.07. The molecule has 0 aromatic heterocycles. The van der Waals surface area contributed by atoms with Gasteiger partial charge >= 0.3 is 0 Å². The molecule has 1 atom stereocenters. The second-order valence-corrected chi connectivity index (χ2v) is 5.64. The molecule has 2 rings (SSSR count). The Kier molecular flexibility index (Phi) is 6.05. The van der Waals surface area contributed by atoms with Crippen LogP contribution in [0.2, 0.25) is 0 Å². The van der Waals surface area contributed by atoms with E-state index in [-0.39, 0.29) is 18.6 Å². The maximum absolute atomic E-state index is 12.2. The molecule has 0 bridgehead atoms. The molecular formula is C17H26N2O2. The van der Waals surface area contributed by atoms with E-state index in [1.165, 1.54) is 12.8 Å². The fourth-order valence-electron chi connectivity index (χ4n) is 2.69. The van der Waals surface area contributed by atoms with Gasteiger partial charge in [0.25, 0.3) is 5.91 Å². The van der Waals surface area contributed by atoms with Crippen LogP contribution in [-0.2, 0) is 4.79 Å². The SMILES string of the molecule is CC[C@@H](N)c1ccccc1OCC(=O)N1CCCCCC1. The molecule has 1 heterocycles. The second kappa shape index (κ2) is 8.03. The molecule has 21 heavy (non-hydrogen) atoms. The van der Waals surface area contributed by atoms with Crippen LogP contribution < -0.4 is 10.5 Å². The van der Waals surface area contributed by atoms with E-state index < -0.39 is 0 Å². The Morgan fingerprint density at radius 2 is 1.90 bits per heavy atom. The molecule has 1 aromatic rings. The fraction of sp³-hybridized carbons (Fsp3) is 0.588. The molecular weight excluding hydrogens is 264 g/mol. The molecule has 1 saturated heterocycles. The van der Waals surface area contributed by atoms with Gasteiger partial charge in [0, 0.05) is 24.7 Å². The lowest BCUT2D eigenvalue weighted by Gasteiger charge is -2.21. The van der Waals surface area contributed by atoms with Gasteiger partial charge in [-0.2, -0.15) is 0 Å². The summed E-state index contributed by atoms with van der Waals surface area (Å²) in [4.78, 5) is 14.2. The van der Waals surface area contributed by atoms with Crippen LogP contribution in [0.3, 0.4) is 0 Å². The summed E-state index contributed by atoms with van der Waals surface area (Å²) in [5.74, 6) is 0.812. The van der Waals surface area contributed by atoms with E-state index in [0.29, 0.717) is 0 Å². The van der Waals surface area contributed by atoms with Crippen LogP contribution in [0.25, 0.3) is 0 Å². The summed E-state index contributed by atoms with van der Waals surface area (Å²) in [7, 11) is 0. The van der Waals surface area contributed by atoms with E-state index in [1.807, 2.05) is 36.1 Å². The monoisotopic (exact) mass is 290 g/mol. The molecule has 0 saturated carbocycles. The summed E-state index contributed by atoms with van der Waals surface area (Å²) in [5, 5.41) is 0. The van der Waals surface area contributed by atoms with Crippen molar-refractivity contribution in [1.82, 2.24) is 4.90 Å². The summed E-state index contributed by atoms with van der Waals surface area (Å²) in [6, 6.07) is 7.68. The molecule has 0 spiro atoms. The lowest BCUT2D eigenvalue weighted by atomic mass is 10.0. The smallest absolute Gasteiger partial charge is 0.260 e. The van der Waals surface area contributed by atoms with E-state index in [4.69, 9.17) is 10.5 Å². The zero-order valence-corrected chi connectivity index (χ0v) is 12.9. The number of carbonyl (C=O) groups is 1. The molecule has 0 unspecified atom stereocenters. The topological polar surface area (TPSA) is 55.6 Å². The first kappa shape index (κ1) is 15.8. The van der Waals surface area contributed by atoms with Crippen molar-refractivity contribution in [2.75, 3.05) is 19.7 Å². The van der Waals surface area contributed by atoms with Gasteiger partial charge in [-0.05, 0) is 25.3 Å². The van der Waals surface area contributed by atoms with E-state index in [1.54, 1.807) is 0 Å². The maximum atomic E-state index is 12.2. The molecule has 0 aliphatic carbocycles. The Bertz CT molecular complexity index is 454. The summed E-state index contributed by atoms with van der Waals surface area (Å²) >= 11 is 0. The number of hydrogen-bond acceptors (Lipinski definition) is 3. The third kappa shape index (κ3) is 4.46. The van der Waals surface area contributed by atoms with Gasteiger partial charge in [0.2, 0.25) is 0 Å². The molecule has 2 N–H and O–H groups in total. The third-order valence-corrected chi connectivity index (χ3v) is 4.07. The van der Waals surface area contributed by atoms with E-state index in [0.717, 1.165) is 43.7 Å². The Balaban J connectivity index is 1.94. The first-order valence-electron chi connectivity index (χ1n) is 7.97. The molecule has 1 aliphatic rings. The van der Waals surface area contributed by atoms with Gasteiger partial charge < -0.3 is 15.4 Å². The van der Waals surface area contributed by atoms with Crippen molar-refractivity contribution in [3.8, 4) is 5.75 Å². The average Bonchev–Trinajstić information content (AvgIpc) is 2.81. The quantitative estimate of drug-likeness (QED) is 0.907. The van der Waals surface area contributed by atoms with Gasteiger partial charge in [-0.3, -0.25) is 4.79 Å². The van der Waals surface area contributed by atoms with Crippen molar-refractivity contribution in [2.24, 2.45) is 5.73 Å². The number of ether oxygens (including phenoxy) is 1. The van der Waals surface area contributed by atoms with Gasteiger partial charge in [0.15, 0.2) is 6.61 Å². The van der Waals surface area contributed by atoms with Crippen LogP contribution in [0.4, 0.5) is 0 Å². The van der Waals surface area contributed by atoms with Gasteiger partial charge in [-0.15, -0.1) is 0 Å². The largest absolute Gasteiger partial charge is 0.483 e. The number of hydrogen-bond donors (Lipinski definition) is 1. The zero-order chi connectivity index (χ0) is 15.1. The standard InChI is InChI=1S/C17H26N2O2/c1-2-15(18)14-9-5-6-10-16(14)21-13-17(20)19-11-7-3-4-8-12-19/h5-6,9-10,15H,2-4,7-8,11-13,18H2,1H3/t15-/m1/s1. The number of likely N-dealkylation sites (tertiary alicyclic amines) is 1. The van der Waals surface area contributed by atoms with Crippen LogP contribution in [0.1, 0.15) is 50.6 Å². The Morgan fingerprint density at radius 1 is 1.24 bits per heavy atom. The number of nitrogens with two attached hydrogens (primary N) is 1. The van der Waals surface area contributed by atoms with Crippen molar-refractivity contribution >= 4 is 5.91 Å². The number of nitrogens with zero attached hydrogens (tertiary/aromatic N) is 1. The van der Waals surface area contributed by atoms with E-state index in [2.05, 4.69) is 0 Å². The highest BCUT2D eigenvalue weighted by Crippen LogP contribution is 2.25. The highest BCUT2D eigenvalue weighted by molar-refractivity contribution is 5.77. The van der Waals surface area contributed by atoms with Crippen LogP contribution in [0.5, 0.6) is 5.75 Å². The summed E-state index contributed by atoms with van der Waals surface area (Å²) in [6.07, 6.45) is 5.49. The highest BCUT2D eigenvalue weighted by atomic mass is 16.5. The zero-order valence-electron chi connectivity index (χ0n) is 12.9. The predicted octanol–water partition coefficient (Wildman–Crippen LogP) is 2.88. The molecule has 1 amide bonds. The lowest BCUT2D eigenvalue weighted by Crippen LogP contribution is -2.35. The van der Waals surface area contributed by atoms with Gasteiger partial charge in [0.05, 0.1) is 0 Å². The minimum absolute atomic E-state index is 0.0468. The van der Waals surface area contributed by atoms with E-state index in [9.17, 15) is 4.79 Å². The highest BCUT2D eigenvalue weighted by Gasteiger charge is 2.17. The molecule has 0 radical (unpaired) electrons. The predicted molar refractivity (Wildman–Crippen MR) is 84.2 cm³/mol. The molecule has 1 aromatic carbocycles. The van der Waals surface area contributed by atoms with E-state index >= 15 is 0 Å². The Morgan fingerprint density at radius 3 is 2.57 bits per heavy atom.